The monoisotopic (exact) mass is 354 g/mol. The van der Waals surface area contributed by atoms with E-state index in [2.05, 4.69) is 29.0 Å². The van der Waals surface area contributed by atoms with Crippen LogP contribution in [0.2, 0.25) is 0 Å². The minimum Gasteiger partial charge on any atom is -0.382 e. The van der Waals surface area contributed by atoms with Gasteiger partial charge in [0.1, 0.15) is 0 Å². The van der Waals surface area contributed by atoms with E-state index in [0.717, 1.165) is 45.3 Å². The Bertz CT molecular complexity index is 392. The minimum absolute atomic E-state index is 0.600. The molecular weight excluding hydrogens is 316 g/mol. The molecule has 2 rings (SSSR count). The van der Waals surface area contributed by atoms with E-state index in [1.807, 2.05) is 0 Å². The number of hydrogen-bond donors (Lipinski definition) is 1. The third kappa shape index (κ3) is 7.12. The molecule has 0 aromatic carbocycles. The van der Waals surface area contributed by atoms with Crippen LogP contribution in [-0.2, 0) is 9.47 Å². The molecule has 2 unspecified atom stereocenters. The van der Waals surface area contributed by atoms with Crippen molar-refractivity contribution in [2.75, 3.05) is 66.2 Å². The van der Waals surface area contributed by atoms with E-state index in [4.69, 9.17) is 14.5 Å². The lowest BCUT2D eigenvalue weighted by Gasteiger charge is -2.33. The fraction of sp³-hybridized carbons (Fsp3) is 0.947. The molecule has 2 fully saturated rings. The van der Waals surface area contributed by atoms with Crippen LogP contribution in [0.5, 0.6) is 0 Å². The molecule has 1 N–H and O–H groups in total. The molecule has 0 spiro atoms. The van der Waals surface area contributed by atoms with Crippen LogP contribution in [0.4, 0.5) is 0 Å². The Morgan fingerprint density at radius 2 is 2.08 bits per heavy atom. The second kappa shape index (κ2) is 11.7. The predicted octanol–water partition coefficient (Wildman–Crippen LogP) is 1.81. The van der Waals surface area contributed by atoms with Crippen LogP contribution in [0.15, 0.2) is 4.99 Å². The molecule has 0 aromatic heterocycles. The maximum Gasteiger partial charge on any atom is 0.193 e. The zero-order valence-corrected chi connectivity index (χ0v) is 16.5. The number of hydrogen-bond acceptors (Lipinski definition) is 4. The van der Waals surface area contributed by atoms with Crippen LogP contribution in [0.1, 0.15) is 39.5 Å². The number of nitrogens with zero attached hydrogens (tertiary/aromatic N) is 3. The number of likely N-dealkylation sites (tertiary alicyclic amines) is 2. The van der Waals surface area contributed by atoms with Crippen molar-refractivity contribution in [1.82, 2.24) is 15.1 Å². The zero-order chi connectivity index (χ0) is 17.9. The highest BCUT2D eigenvalue weighted by Gasteiger charge is 2.25. The zero-order valence-electron chi connectivity index (χ0n) is 16.5. The van der Waals surface area contributed by atoms with Gasteiger partial charge in [-0.25, -0.2) is 0 Å². The van der Waals surface area contributed by atoms with Gasteiger partial charge in [-0.05, 0) is 39.7 Å². The molecule has 0 aliphatic carbocycles. The van der Waals surface area contributed by atoms with Crippen molar-refractivity contribution < 1.29 is 9.47 Å². The molecule has 2 saturated heterocycles. The van der Waals surface area contributed by atoms with Crippen LogP contribution >= 0.6 is 0 Å². The number of guanidine groups is 1. The summed E-state index contributed by atoms with van der Waals surface area (Å²) in [5.41, 5.74) is 0. The first-order valence-corrected chi connectivity index (χ1v) is 10.1. The summed E-state index contributed by atoms with van der Waals surface area (Å²) in [5, 5.41) is 3.47. The third-order valence-electron chi connectivity index (χ3n) is 5.29. The highest BCUT2D eigenvalue weighted by molar-refractivity contribution is 5.80. The van der Waals surface area contributed by atoms with Crippen LogP contribution in [0, 0.1) is 5.92 Å². The van der Waals surface area contributed by atoms with Gasteiger partial charge in [0.15, 0.2) is 5.96 Å². The van der Waals surface area contributed by atoms with Gasteiger partial charge in [-0.3, -0.25) is 9.89 Å². The fourth-order valence-corrected chi connectivity index (χ4v) is 3.75. The molecule has 2 heterocycles. The molecule has 0 saturated carbocycles. The summed E-state index contributed by atoms with van der Waals surface area (Å²) < 4.78 is 10.7. The molecule has 146 valence electrons. The molecule has 6 heteroatoms. The summed E-state index contributed by atoms with van der Waals surface area (Å²) in [4.78, 5) is 9.88. The Kier molecular flexibility index (Phi) is 9.58. The smallest absolute Gasteiger partial charge is 0.193 e. The molecule has 25 heavy (non-hydrogen) atoms. The maximum atomic E-state index is 5.70. The third-order valence-corrected chi connectivity index (χ3v) is 5.29. The lowest BCUT2D eigenvalue weighted by Crippen LogP contribution is -2.42. The van der Waals surface area contributed by atoms with Crippen molar-refractivity contribution in [1.29, 1.82) is 0 Å². The van der Waals surface area contributed by atoms with Gasteiger partial charge in [-0.2, -0.15) is 0 Å². The lowest BCUT2D eigenvalue weighted by molar-refractivity contribution is 0.0536. The number of piperidine rings is 1. The van der Waals surface area contributed by atoms with Crippen molar-refractivity contribution in [2.24, 2.45) is 10.9 Å². The molecular formula is C19H38N4O2. The van der Waals surface area contributed by atoms with Gasteiger partial charge < -0.3 is 19.7 Å². The molecule has 0 amide bonds. The standard InChI is InChI=1S/C19H38N4O2/c1-4-20-19(21-9-12-22-10-6-5-7-17(22)2)23-11-8-18(15-23)16-25-14-13-24-3/h17-18H,4-16H2,1-3H3,(H,20,21). The Morgan fingerprint density at radius 1 is 1.20 bits per heavy atom. The average Bonchev–Trinajstić information content (AvgIpc) is 3.08. The summed E-state index contributed by atoms with van der Waals surface area (Å²) >= 11 is 0. The van der Waals surface area contributed by atoms with Gasteiger partial charge in [-0.1, -0.05) is 6.42 Å². The van der Waals surface area contributed by atoms with E-state index in [9.17, 15) is 0 Å². The van der Waals surface area contributed by atoms with E-state index < -0.39 is 0 Å². The first-order valence-electron chi connectivity index (χ1n) is 10.1. The van der Waals surface area contributed by atoms with Crippen molar-refractivity contribution in [3.8, 4) is 0 Å². The molecule has 2 aliphatic heterocycles. The van der Waals surface area contributed by atoms with Gasteiger partial charge in [-0.15, -0.1) is 0 Å². The summed E-state index contributed by atoms with van der Waals surface area (Å²) in [6, 6.07) is 0.715. The van der Waals surface area contributed by atoms with Gasteiger partial charge in [0.2, 0.25) is 0 Å². The minimum atomic E-state index is 0.600. The largest absolute Gasteiger partial charge is 0.382 e. The van der Waals surface area contributed by atoms with Gasteiger partial charge in [0.05, 0.1) is 26.4 Å². The SMILES string of the molecule is CCNC(=NCCN1CCCCC1C)N1CCC(COCCOC)C1. The summed E-state index contributed by atoms with van der Waals surface area (Å²) in [6.07, 6.45) is 5.23. The number of aliphatic imine (C=N–C) groups is 1. The number of nitrogens with one attached hydrogen (secondary N) is 1. The quantitative estimate of drug-likeness (QED) is 0.389. The van der Waals surface area contributed by atoms with E-state index in [1.165, 1.54) is 32.2 Å². The Balaban J connectivity index is 1.75. The molecule has 0 bridgehead atoms. The van der Waals surface area contributed by atoms with Gasteiger partial charge >= 0.3 is 0 Å². The molecule has 2 aliphatic rings. The second-order valence-corrected chi connectivity index (χ2v) is 7.28. The normalized spacial score (nSPS) is 25.6. The van der Waals surface area contributed by atoms with E-state index in [0.29, 0.717) is 25.2 Å². The molecule has 2 atom stereocenters. The fourth-order valence-electron chi connectivity index (χ4n) is 3.75. The average molecular weight is 355 g/mol. The highest BCUT2D eigenvalue weighted by atomic mass is 16.5. The molecule has 6 nitrogen and oxygen atoms in total. The molecule has 0 aromatic rings. The predicted molar refractivity (Wildman–Crippen MR) is 103 cm³/mol. The summed E-state index contributed by atoms with van der Waals surface area (Å²) in [6.45, 7) is 12.9. The van der Waals surface area contributed by atoms with Crippen LogP contribution in [0.25, 0.3) is 0 Å². The topological polar surface area (TPSA) is 49.3 Å². The van der Waals surface area contributed by atoms with Crippen LogP contribution < -0.4 is 5.32 Å². The summed E-state index contributed by atoms with van der Waals surface area (Å²) in [5.74, 6) is 1.68. The number of rotatable bonds is 9. The Morgan fingerprint density at radius 3 is 2.84 bits per heavy atom. The lowest BCUT2D eigenvalue weighted by atomic mass is 10.0. The highest BCUT2D eigenvalue weighted by Crippen LogP contribution is 2.17. The van der Waals surface area contributed by atoms with Crippen LogP contribution in [-0.4, -0.2) is 88.0 Å². The first kappa shape index (κ1) is 20.5. The first-order chi connectivity index (χ1) is 12.2. The number of ether oxygens (including phenoxy) is 2. The maximum absolute atomic E-state index is 5.70. The Labute approximate surface area is 153 Å². The van der Waals surface area contributed by atoms with Gasteiger partial charge in [0, 0.05) is 45.2 Å². The van der Waals surface area contributed by atoms with Gasteiger partial charge in [0.25, 0.3) is 0 Å². The van der Waals surface area contributed by atoms with E-state index in [1.54, 1.807) is 7.11 Å². The molecule has 0 radical (unpaired) electrons. The van der Waals surface area contributed by atoms with Crippen molar-refractivity contribution >= 4 is 5.96 Å². The van der Waals surface area contributed by atoms with Crippen molar-refractivity contribution in [3.05, 3.63) is 0 Å². The number of methoxy groups -OCH3 is 1. The Hall–Kier alpha value is -0.850. The second-order valence-electron chi connectivity index (χ2n) is 7.28. The van der Waals surface area contributed by atoms with E-state index in [-0.39, 0.29) is 0 Å². The summed E-state index contributed by atoms with van der Waals surface area (Å²) in [7, 11) is 1.71. The van der Waals surface area contributed by atoms with Crippen molar-refractivity contribution in [2.45, 2.75) is 45.6 Å². The van der Waals surface area contributed by atoms with E-state index >= 15 is 0 Å². The van der Waals surface area contributed by atoms with Crippen LogP contribution in [0.3, 0.4) is 0 Å². The van der Waals surface area contributed by atoms with Crippen molar-refractivity contribution in [3.63, 3.8) is 0 Å².